The van der Waals surface area contributed by atoms with Crippen molar-refractivity contribution >= 4 is 6.08 Å². The van der Waals surface area contributed by atoms with Crippen LogP contribution in [0.15, 0.2) is 30.3 Å². The summed E-state index contributed by atoms with van der Waals surface area (Å²) in [4.78, 5) is 0. The maximum atomic E-state index is 12.0. The van der Waals surface area contributed by atoms with Crippen LogP contribution in [-0.2, 0) is 0 Å². The minimum absolute atomic E-state index is 0.159. The molecule has 14 heavy (non-hydrogen) atoms. The van der Waals surface area contributed by atoms with Crippen LogP contribution in [0.25, 0.3) is 6.08 Å². The van der Waals surface area contributed by atoms with E-state index in [1.807, 2.05) is 0 Å². The Morgan fingerprint density at radius 1 is 1.36 bits per heavy atom. The van der Waals surface area contributed by atoms with Gasteiger partial charge in [0.2, 0.25) is 0 Å². The van der Waals surface area contributed by atoms with Crippen LogP contribution in [0.1, 0.15) is 5.56 Å². The van der Waals surface area contributed by atoms with Crippen LogP contribution < -0.4 is 10.5 Å². The van der Waals surface area contributed by atoms with Gasteiger partial charge in [0.1, 0.15) is 5.75 Å². The molecule has 0 spiro atoms. The van der Waals surface area contributed by atoms with Gasteiger partial charge in [-0.05, 0) is 6.07 Å². The van der Waals surface area contributed by atoms with Crippen LogP contribution in [-0.4, -0.2) is 13.2 Å². The Labute approximate surface area is 81.0 Å². The van der Waals surface area contributed by atoms with Crippen molar-refractivity contribution < 1.29 is 13.5 Å². The molecule has 0 aromatic heterocycles. The lowest BCUT2D eigenvalue weighted by Gasteiger charge is -2.06. The molecule has 76 valence electrons. The van der Waals surface area contributed by atoms with Crippen LogP contribution >= 0.6 is 0 Å². The van der Waals surface area contributed by atoms with Crippen molar-refractivity contribution in [3.63, 3.8) is 0 Å². The van der Waals surface area contributed by atoms with Crippen molar-refractivity contribution in [3.05, 3.63) is 35.9 Å². The van der Waals surface area contributed by atoms with Gasteiger partial charge in [-0.25, -0.2) is 0 Å². The average Bonchev–Trinajstić information content (AvgIpc) is 2.16. The van der Waals surface area contributed by atoms with Crippen molar-refractivity contribution in [1.82, 2.24) is 0 Å². The summed E-state index contributed by atoms with van der Waals surface area (Å²) in [6.07, 6.45) is 3.32. The standard InChI is InChI=1S/C10H11F2NO/c11-10(12)14-9-6-2-1-4-8(9)5-3-7-13/h1-6,10H,7,13H2/b5-3+. The number of hydrogen-bond acceptors (Lipinski definition) is 2. The Kier molecular flexibility index (Phi) is 4.07. The molecule has 4 heteroatoms. The van der Waals surface area contributed by atoms with Gasteiger partial charge in [0, 0.05) is 12.1 Å². The summed E-state index contributed by atoms with van der Waals surface area (Å²) in [5, 5.41) is 0. The van der Waals surface area contributed by atoms with E-state index < -0.39 is 6.61 Å². The Balaban J connectivity index is 2.85. The van der Waals surface area contributed by atoms with E-state index in [0.29, 0.717) is 12.1 Å². The molecule has 1 aromatic rings. The lowest BCUT2D eigenvalue weighted by molar-refractivity contribution is -0.0499. The highest BCUT2D eigenvalue weighted by molar-refractivity contribution is 5.57. The maximum Gasteiger partial charge on any atom is 0.387 e. The van der Waals surface area contributed by atoms with Crippen molar-refractivity contribution in [2.45, 2.75) is 6.61 Å². The van der Waals surface area contributed by atoms with E-state index in [0.717, 1.165) is 0 Å². The lowest BCUT2D eigenvalue weighted by Crippen LogP contribution is -2.03. The molecule has 0 unspecified atom stereocenters. The minimum atomic E-state index is -2.80. The second kappa shape index (κ2) is 5.34. The lowest BCUT2D eigenvalue weighted by atomic mass is 10.2. The summed E-state index contributed by atoms with van der Waals surface area (Å²) in [6.45, 7) is -2.44. The summed E-state index contributed by atoms with van der Waals surface area (Å²) in [5.74, 6) is 0.159. The number of benzene rings is 1. The SMILES string of the molecule is NC/C=C/c1ccccc1OC(F)F. The Bertz CT molecular complexity index is 313. The number of para-hydroxylation sites is 1. The third-order valence-corrected chi connectivity index (χ3v) is 1.57. The number of halogens is 2. The molecule has 0 atom stereocenters. The molecule has 0 aliphatic carbocycles. The molecular formula is C10H11F2NO. The van der Waals surface area contributed by atoms with Gasteiger partial charge < -0.3 is 10.5 Å². The third kappa shape index (κ3) is 3.14. The summed E-state index contributed by atoms with van der Waals surface area (Å²) in [7, 11) is 0. The van der Waals surface area contributed by atoms with Crippen LogP contribution in [0.2, 0.25) is 0 Å². The first-order valence-corrected chi connectivity index (χ1v) is 4.14. The van der Waals surface area contributed by atoms with E-state index in [-0.39, 0.29) is 5.75 Å². The van der Waals surface area contributed by atoms with E-state index >= 15 is 0 Å². The molecule has 0 radical (unpaired) electrons. The number of alkyl halides is 2. The first-order chi connectivity index (χ1) is 6.74. The van der Waals surface area contributed by atoms with Crippen LogP contribution in [0, 0.1) is 0 Å². The van der Waals surface area contributed by atoms with E-state index in [4.69, 9.17) is 5.73 Å². The normalized spacial score (nSPS) is 11.1. The van der Waals surface area contributed by atoms with Crippen LogP contribution in [0.3, 0.4) is 0 Å². The Morgan fingerprint density at radius 2 is 2.07 bits per heavy atom. The van der Waals surface area contributed by atoms with E-state index in [2.05, 4.69) is 4.74 Å². The highest BCUT2D eigenvalue weighted by Gasteiger charge is 2.06. The smallest absolute Gasteiger partial charge is 0.387 e. The van der Waals surface area contributed by atoms with E-state index in [9.17, 15) is 8.78 Å². The summed E-state index contributed by atoms with van der Waals surface area (Å²) in [5.41, 5.74) is 5.85. The van der Waals surface area contributed by atoms with Gasteiger partial charge in [0.05, 0.1) is 0 Å². The predicted octanol–water partition coefficient (Wildman–Crippen LogP) is 2.26. The van der Waals surface area contributed by atoms with Gasteiger partial charge in [-0.1, -0.05) is 30.4 Å². The second-order valence-corrected chi connectivity index (χ2v) is 2.55. The van der Waals surface area contributed by atoms with E-state index in [1.54, 1.807) is 30.4 Å². The Morgan fingerprint density at radius 3 is 2.71 bits per heavy atom. The summed E-state index contributed by atoms with van der Waals surface area (Å²) in [6, 6.07) is 6.55. The first-order valence-electron chi connectivity index (χ1n) is 4.14. The topological polar surface area (TPSA) is 35.2 Å². The highest BCUT2D eigenvalue weighted by atomic mass is 19.3. The molecule has 0 aliphatic rings. The fourth-order valence-electron chi connectivity index (χ4n) is 1.02. The summed E-state index contributed by atoms with van der Waals surface area (Å²) >= 11 is 0. The number of rotatable bonds is 4. The van der Waals surface area contributed by atoms with Crippen LogP contribution in [0.5, 0.6) is 5.75 Å². The molecule has 0 heterocycles. The fraction of sp³-hybridized carbons (Fsp3) is 0.200. The molecule has 0 bridgehead atoms. The largest absolute Gasteiger partial charge is 0.434 e. The second-order valence-electron chi connectivity index (χ2n) is 2.55. The molecule has 0 saturated heterocycles. The monoisotopic (exact) mass is 199 g/mol. The van der Waals surface area contributed by atoms with Gasteiger partial charge in [0.25, 0.3) is 0 Å². The molecule has 0 fully saturated rings. The molecule has 1 aromatic carbocycles. The molecular weight excluding hydrogens is 188 g/mol. The predicted molar refractivity (Wildman–Crippen MR) is 51.2 cm³/mol. The number of hydrogen-bond donors (Lipinski definition) is 1. The third-order valence-electron chi connectivity index (χ3n) is 1.57. The summed E-state index contributed by atoms with van der Waals surface area (Å²) < 4.78 is 28.2. The van der Waals surface area contributed by atoms with Crippen LogP contribution in [0.4, 0.5) is 8.78 Å². The van der Waals surface area contributed by atoms with Crippen molar-refractivity contribution in [2.75, 3.05) is 6.54 Å². The van der Waals surface area contributed by atoms with Gasteiger partial charge in [-0.3, -0.25) is 0 Å². The molecule has 1 rings (SSSR count). The zero-order valence-corrected chi connectivity index (χ0v) is 7.49. The number of nitrogens with two attached hydrogens (primary N) is 1. The average molecular weight is 199 g/mol. The maximum absolute atomic E-state index is 12.0. The van der Waals surface area contributed by atoms with Gasteiger partial charge in [-0.2, -0.15) is 8.78 Å². The molecule has 2 N–H and O–H groups in total. The van der Waals surface area contributed by atoms with Crippen molar-refractivity contribution in [2.24, 2.45) is 5.73 Å². The van der Waals surface area contributed by atoms with Gasteiger partial charge in [0.15, 0.2) is 0 Å². The molecule has 2 nitrogen and oxygen atoms in total. The van der Waals surface area contributed by atoms with Gasteiger partial charge in [-0.15, -0.1) is 0 Å². The quantitative estimate of drug-likeness (QED) is 0.807. The molecule has 0 saturated carbocycles. The zero-order chi connectivity index (χ0) is 10.4. The van der Waals surface area contributed by atoms with E-state index in [1.165, 1.54) is 6.07 Å². The minimum Gasteiger partial charge on any atom is -0.434 e. The van der Waals surface area contributed by atoms with Gasteiger partial charge >= 0.3 is 6.61 Å². The fourth-order valence-corrected chi connectivity index (χ4v) is 1.02. The highest BCUT2D eigenvalue weighted by Crippen LogP contribution is 2.21. The van der Waals surface area contributed by atoms with Crippen molar-refractivity contribution in [3.8, 4) is 5.75 Å². The number of ether oxygens (including phenoxy) is 1. The zero-order valence-electron chi connectivity index (χ0n) is 7.49. The molecule has 0 amide bonds. The Hall–Kier alpha value is -1.42. The van der Waals surface area contributed by atoms with Crippen molar-refractivity contribution in [1.29, 1.82) is 0 Å². The first kappa shape index (κ1) is 10.7. The molecule has 0 aliphatic heterocycles.